The normalized spacial score (nSPS) is 28.0. The molecular formula is C27H39F2IN2O6S. The van der Waals surface area contributed by atoms with Crippen molar-refractivity contribution < 1.29 is 36.8 Å². The molecule has 0 aromatic heterocycles. The van der Waals surface area contributed by atoms with Crippen LogP contribution in [0.5, 0.6) is 0 Å². The smallest absolute Gasteiger partial charge is 0.410 e. The number of rotatable bonds is 9. The Kier molecular flexibility index (Phi) is 11.1. The lowest BCUT2D eigenvalue weighted by Gasteiger charge is -2.52. The summed E-state index contributed by atoms with van der Waals surface area (Å²) in [5.41, 5.74) is -2.00. The zero-order valence-corrected chi connectivity index (χ0v) is 25.9. The highest BCUT2D eigenvalue weighted by atomic mass is 127. The fraction of sp³-hybridized carbons (Fsp3) is 0.704. The molecule has 12 heteroatoms. The number of hydrogen-bond acceptors (Lipinski definition) is 6. The Hall–Kier alpha value is -1.38. The van der Waals surface area contributed by atoms with Gasteiger partial charge in [-0.25, -0.2) is 22.5 Å². The number of amides is 1. The van der Waals surface area contributed by atoms with Crippen LogP contribution in [0.2, 0.25) is 0 Å². The van der Waals surface area contributed by atoms with Crippen molar-refractivity contribution in [3.63, 3.8) is 0 Å². The Balaban J connectivity index is 1.88. The minimum atomic E-state index is -3.50. The molecule has 1 aliphatic heterocycles. The van der Waals surface area contributed by atoms with Crippen LogP contribution < -0.4 is 4.72 Å². The van der Waals surface area contributed by atoms with Gasteiger partial charge in [0.05, 0.1) is 53.0 Å². The van der Waals surface area contributed by atoms with E-state index in [1.807, 2.05) is 18.2 Å². The topological polar surface area (TPSA) is 94.2 Å². The number of nitrogens with one attached hydrogen (secondary N) is 1. The van der Waals surface area contributed by atoms with Gasteiger partial charge in [-0.05, 0) is 64.9 Å². The van der Waals surface area contributed by atoms with Gasteiger partial charge < -0.3 is 19.1 Å². The number of nitrogens with zero attached hydrogens (tertiary/aromatic N) is 1. The number of alkyl halides is 2. The van der Waals surface area contributed by atoms with Crippen LogP contribution in [0.15, 0.2) is 30.3 Å². The lowest BCUT2D eigenvalue weighted by atomic mass is 9.76. The van der Waals surface area contributed by atoms with Crippen molar-refractivity contribution in [2.45, 2.75) is 101 Å². The second-order valence-corrected chi connectivity index (χ2v) is 14.2. The van der Waals surface area contributed by atoms with E-state index >= 15 is 8.78 Å². The SMILES string of the molecule is CCOC(=O)CC1(NS(=O)I)C(COC2CCC(c3ccccc3)CC2)N(C(=O)OC(C)(C)C)CCC1(F)F. The van der Waals surface area contributed by atoms with Crippen LogP contribution in [0.25, 0.3) is 0 Å². The Morgan fingerprint density at radius 3 is 2.36 bits per heavy atom. The number of piperidine rings is 1. The highest BCUT2D eigenvalue weighted by Gasteiger charge is 2.65. The Labute approximate surface area is 244 Å². The number of esters is 1. The van der Waals surface area contributed by atoms with E-state index in [1.54, 1.807) is 27.7 Å². The second kappa shape index (κ2) is 13.5. The summed E-state index contributed by atoms with van der Waals surface area (Å²) in [5.74, 6) is -3.99. The molecular weight excluding hydrogens is 645 g/mol. The summed E-state index contributed by atoms with van der Waals surface area (Å²) in [7, 11) is -1.97. The summed E-state index contributed by atoms with van der Waals surface area (Å²) >= 11 is 1.48. The van der Waals surface area contributed by atoms with E-state index in [9.17, 15) is 13.8 Å². The van der Waals surface area contributed by atoms with Crippen LogP contribution in [-0.2, 0) is 27.2 Å². The predicted molar refractivity (Wildman–Crippen MR) is 153 cm³/mol. The Morgan fingerprint density at radius 1 is 1.15 bits per heavy atom. The van der Waals surface area contributed by atoms with E-state index in [1.165, 1.54) is 31.7 Å². The monoisotopic (exact) mass is 684 g/mol. The van der Waals surface area contributed by atoms with Gasteiger partial charge in [-0.1, -0.05) is 30.3 Å². The molecule has 1 saturated carbocycles. The van der Waals surface area contributed by atoms with Crippen molar-refractivity contribution in [1.29, 1.82) is 0 Å². The van der Waals surface area contributed by atoms with E-state index in [4.69, 9.17) is 14.2 Å². The second-order valence-electron chi connectivity index (χ2n) is 11.1. The first-order valence-corrected chi connectivity index (χ1v) is 17.0. The van der Waals surface area contributed by atoms with Gasteiger partial charge in [0, 0.05) is 13.0 Å². The standard InChI is InChI=1S/C27H39F2IN2O6S/c1-5-36-23(33)17-26(31-39(30)35)22(32(16-15-27(26,28)29)24(34)38-25(2,3)4)18-37-21-13-11-20(12-14-21)19-9-7-6-8-10-19/h6-10,20-22,31H,5,11-18H2,1-4H3. The third kappa shape index (κ3) is 8.32. The number of halogens is 3. The molecule has 1 saturated heterocycles. The summed E-state index contributed by atoms with van der Waals surface area (Å²) in [4.78, 5) is 27.1. The lowest BCUT2D eigenvalue weighted by Crippen LogP contribution is -2.75. The molecule has 1 N–H and O–H groups in total. The molecule has 1 heterocycles. The van der Waals surface area contributed by atoms with Gasteiger partial charge in [0.15, 0.2) is 8.16 Å². The van der Waals surface area contributed by atoms with Gasteiger partial charge in [0.1, 0.15) is 11.1 Å². The van der Waals surface area contributed by atoms with Crippen LogP contribution >= 0.6 is 21.2 Å². The van der Waals surface area contributed by atoms with Gasteiger partial charge in [0.25, 0.3) is 5.92 Å². The quantitative estimate of drug-likeness (QED) is 0.205. The first-order valence-electron chi connectivity index (χ1n) is 13.3. The van der Waals surface area contributed by atoms with Crippen molar-refractivity contribution in [3.8, 4) is 0 Å². The van der Waals surface area contributed by atoms with E-state index in [-0.39, 0.29) is 25.9 Å². The molecule has 1 aliphatic carbocycles. The van der Waals surface area contributed by atoms with Crippen LogP contribution in [0.3, 0.4) is 0 Å². The highest BCUT2D eigenvalue weighted by Crippen LogP contribution is 2.45. The number of likely N-dealkylation sites (tertiary alicyclic amines) is 1. The largest absolute Gasteiger partial charge is 0.466 e. The zero-order chi connectivity index (χ0) is 28.8. The van der Waals surface area contributed by atoms with Gasteiger partial charge in [0.2, 0.25) is 0 Å². The average molecular weight is 685 g/mol. The van der Waals surface area contributed by atoms with E-state index in [2.05, 4.69) is 16.9 Å². The van der Waals surface area contributed by atoms with Crippen molar-refractivity contribution in [2.75, 3.05) is 19.8 Å². The highest BCUT2D eigenvalue weighted by molar-refractivity contribution is 14.2. The first-order chi connectivity index (χ1) is 18.3. The molecule has 0 radical (unpaired) electrons. The van der Waals surface area contributed by atoms with Gasteiger partial charge in [-0.15, -0.1) is 0 Å². The summed E-state index contributed by atoms with van der Waals surface area (Å²) in [6, 6.07) is 8.88. The molecule has 3 rings (SSSR count). The van der Waals surface area contributed by atoms with Crippen LogP contribution in [0.4, 0.5) is 13.6 Å². The fourth-order valence-electron chi connectivity index (χ4n) is 5.44. The number of carbonyl (C=O) groups excluding carboxylic acids is 2. The lowest BCUT2D eigenvalue weighted by molar-refractivity contribution is -0.180. The molecule has 8 nitrogen and oxygen atoms in total. The number of carbonyl (C=O) groups is 2. The molecule has 3 atom stereocenters. The third-order valence-electron chi connectivity index (χ3n) is 7.32. The van der Waals surface area contributed by atoms with Crippen molar-refractivity contribution in [3.05, 3.63) is 35.9 Å². The summed E-state index contributed by atoms with van der Waals surface area (Å²) in [6.45, 7) is 6.04. The van der Waals surface area contributed by atoms with Crippen LogP contribution in [0.1, 0.15) is 77.7 Å². The predicted octanol–water partition coefficient (Wildman–Crippen LogP) is 5.67. The number of ether oxygens (including phenoxy) is 3. The molecule has 3 unspecified atom stereocenters. The summed E-state index contributed by atoms with van der Waals surface area (Å²) < 4.78 is 63.4. The van der Waals surface area contributed by atoms with Crippen LogP contribution in [0, 0.1) is 0 Å². The summed E-state index contributed by atoms with van der Waals surface area (Å²) in [5, 5.41) is 0. The fourth-order valence-corrected chi connectivity index (χ4v) is 7.27. The van der Waals surface area contributed by atoms with Crippen molar-refractivity contribution >= 4 is 41.4 Å². The molecule has 220 valence electrons. The Bertz CT molecular complexity index is 1000. The molecule has 0 spiro atoms. The molecule has 1 aromatic carbocycles. The summed E-state index contributed by atoms with van der Waals surface area (Å²) in [6.07, 6.45) is 0.684. The number of benzene rings is 1. The average Bonchev–Trinajstić information content (AvgIpc) is 2.84. The molecule has 0 bridgehead atoms. The molecule has 2 fully saturated rings. The molecule has 2 aliphatic rings. The van der Waals surface area contributed by atoms with Crippen LogP contribution in [-0.4, -0.2) is 70.1 Å². The van der Waals surface area contributed by atoms with Gasteiger partial charge >= 0.3 is 12.1 Å². The van der Waals surface area contributed by atoms with Crippen molar-refractivity contribution in [1.82, 2.24) is 9.62 Å². The maximum Gasteiger partial charge on any atom is 0.410 e. The molecule has 1 aromatic rings. The van der Waals surface area contributed by atoms with E-state index < -0.39 is 56.2 Å². The minimum Gasteiger partial charge on any atom is -0.466 e. The maximum atomic E-state index is 15.9. The van der Waals surface area contributed by atoms with Gasteiger partial charge in [-0.3, -0.25) is 4.79 Å². The maximum absolute atomic E-state index is 15.9. The third-order valence-corrected chi connectivity index (χ3v) is 8.50. The Morgan fingerprint density at radius 2 is 1.79 bits per heavy atom. The van der Waals surface area contributed by atoms with E-state index in [0.29, 0.717) is 5.92 Å². The minimum absolute atomic E-state index is 0.00455. The number of hydrogen-bond donors (Lipinski definition) is 1. The van der Waals surface area contributed by atoms with Crippen molar-refractivity contribution in [2.24, 2.45) is 0 Å². The zero-order valence-electron chi connectivity index (χ0n) is 22.9. The first kappa shape index (κ1) is 32.1. The molecule has 39 heavy (non-hydrogen) atoms. The van der Waals surface area contributed by atoms with Gasteiger partial charge in [-0.2, -0.15) is 0 Å². The van der Waals surface area contributed by atoms with E-state index in [0.717, 1.165) is 25.7 Å². The molecule has 1 amide bonds.